The van der Waals surface area contributed by atoms with Crippen LogP contribution in [0.1, 0.15) is 36.5 Å². The Morgan fingerprint density at radius 3 is 2.45 bits per heavy atom. The number of Topliss-reactive ketones (excluding diaryl/α,β-unsaturated/α-hetero) is 1. The molecule has 1 aliphatic heterocycles. The lowest BCUT2D eigenvalue weighted by Crippen LogP contribution is -2.44. The highest BCUT2D eigenvalue weighted by molar-refractivity contribution is 5.95. The zero-order valence-corrected chi connectivity index (χ0v) is 13.3. The fraction of sp³-hybridized carbons (Fsp3) is 0.529. The maximum absolute atomic E-state index is 11.9. The van der Waals surface area contributed by atoms with Gasteiger partial charge < -0.3 is 15.0 Å². The lowest BCUT2D eigenvalue weighted by Gasteiger charge is -2.29. The number of piperidine rings is 1. The van der Waals surface area contributed by atoms with Gasteiger partial charge in [0.25, 0.3) is 5.91 Å². The number of nitrogens with one attached hydrogen (secondary N) is 1. The van der Waals surface area contributed by atoms with Crippen molar-refractivity contribution in [1.82, 2.24) is 10.2 Å². The maximum atomic E-state index is 11.9. The molecule has 0 saturated carbocycles. The Bertz CT molecular complexity index is 505. The van der Waals surface area contributed by atoms with Crippen LogP contribution in [0.5, 0.6) is 5.75 Å². The molecule has 0 radical (unpaired) electrons. The Balaban J connectivity index is 1.75. The molecule has 0 bridgehead atoms. The molecule has 0 aromatic heterocycles. The molecule has 1 fully saturated rings. The number of nitrogens with zero attached hydrogens (tertiary/aromatic N) is 1. The van der Waals surface area contributed by atoms with Gasteiger partial charge in [0.05, 0.1) is 0 Å². The number of hydrogen-bond donors (Lipinski definition) is 1. The molecule has 2 rings (SSSR count). The van der Waals surface area contributed by atoms with Crippen molar-refractivity contribution in [2.45, 2.75) is 32.2 Å². The van der Waals surface area contributed by atoms with Gasteiger partial charge in [-0.25, -0.2) is 0 Å². The van der Waals surface area contributed by atoms with E-state index >= 15 is 0 Å². The third-order valence-electron chi connectivity index (χ3n) is 3.95. The molecule has 1 heterocycles. The van der Waals surface area contributed by atoms with E-state index in [2.05, 4.69) is 17.3 Å². The third-order valence-corrected chi connectivity index (χ3v) is 3.95. The Labute approximate surface area is 131 Å². The van der Waals surface area contributed by atoms with E-state index in [4.69, 9.17) is 4.74 Å². The highest BCUT2D eigenvalue weighted by atomic mass is 16.5. The number of ether oxygens (including phenoxy) is 1. The summed E-state index contributed by atoms with van der Waals surface area (Å²) in [5, 5.41) is 3.00. The molecule has 1 aromatic rings. The standard InChI is InChI=1S/C17H24N2O3/c1-3-16(20)13-4-6-15(7-5-13)22-12-17(21)18-14-8-10-19(2)11-9-14/h4-7,14H,3,8-12H2,1-2H3,(H,18,21). The number of hydrogen-bond acceptors (Lipinski definition) is 4. The quantitative estimate of drug-likeness (QED) is 0.815. The summed E-state index contributed by atoms with van der Waals surface area (Å²) in [6.45, 7) is 3.87. The van der Waals surface area contributed by atoms with Crippen LogP contribution in [0.25, 0.3) is 0 Å². The van der Waals surface area contributed by atoms with E-state index in [0.29, 0.717) is 17.7 Å². The van der Waals surface area contributed by atoms with Gasteiger partial charge in [-0.2, -0.15) is 0 Å². The molecule has 1 saturated heterocycles. The highest BCUT2D eigenvalue weighted by Crippen LogP contribution is 2.13. The van der Waals surface area contributed by atoms with Crippen LogP contribution in [-0.4, -0.2) is 49.4 Å². The van der Waals surface area contributed by atoms with Crippen molar-refractivity contribution >= 4 is 11.7 Å². The second kappa shape index (κ2) is 7.94. The van der Waals surface area contributed by atoms with E-state index in [9.17, 15) is 9.59 Å². The van der Waals surface area contributed by atoms with E-state index in [1.54, 1.807) is 24.3 Å². The molecular formula is C17H24N2O3. The largest absolute Gasteiger partial charge is 0.484 e. The molecule has 1 aromatic carbocycles. The summed E-state index contributed by atoms with van der Waals surface area (Å²) in [5.74, 6) is 0.612. The second-order valence-corrected chi connectivity index (χ2v) is 5.73. The summed E-state index contributed by atoms with van der Waals surface area (Å²) >= 11 is 0. The zero-order chi connectivity index (χ0) is 15.9. The molecule has 0 aliphatic carbocycles. The van der Waals surface area contributed by atoms with E-state index in [0.717, 1.165) is 25.9 Å². The van der Waals surface area contributed by atoms with Crippen LogP contribution >= 0.6 is 0 Å². The minimum Gasteiger partial charge on any atom is -0.484 e. The third kappa shape index (κ3) is 4.84. The Morgan fingerprint density at radius 1 is 1.23 bits per heavy atom. The topological polar surface area (TPSA) is 58.6 Å². The van der Waals surface area contributed by atoms with Crippen molar-refractivity contribution in [2.75, 3.05) is 26.7 Å². The molecule has 1 N–H and O–H groups in total. The average molecular weight is 304 g/mol. The Morgan fingerprint density at radius 2 is 1.86 bits per heavy atom. The van der Waals surface area contributed by atoms with Gasteiger partial charge >= 0.3 is 0 Å². The number of rotatable bonds is 6. The van der Waals surface area contributed by atoms with Gasteiger partial charge in [0.1, 0.15) is 5.75 Å². The van der Waals surface area contributed by atoms with Crippen molar-refractivity contribution in [2.24, 2.45) is 0 Å². The molecule has 5 nitrogen and oxygen atoms in total. The lowest BCUT2D eigenvalue weighted by atomic mass is 10.1. The van der Waals surface area contributed by atoms with Gasteiger partial charge in [-0.05, 0) is 57.2 Å². The van der Waals surface area contributed by atoms with Crippen LogP contribution in [0.4, 0.5) is 0 Å². The zero-order valence-electron chi connectivity index (χ0n) is 13.3. The van der Waals surface area contributed by atoms with E-state index in [1.807, 2.05) is 6.92 Å². The van der Waals surface area contributed by atoms with Crippen LogP contribution in [0.3, 0.4) is 0 Å². The van der Waals surface area contributed by atoms with Crippen molar-refractivity contribution in [3.63, 3.8) is 0 Å². The number of ketones is 1. The first kappa shape index (κ1) is 16.5. The summed E-state index contributed by atoms with van der Waals surface area (Å²) in [6.07, 6.45) is 2.45. The van der Waals surface area contributed by atoms with E-state index in [-0.39, 0.29) is 24.3 Å². The number of carbonyl (C=O) groups is 2. The SMILES string of the molecule is CCC(=O)c1ccc(OCC(=O)NC2CCN(C)CC2)cc1. The molecule has 0 atom stereocenters. The Kier molecular flexibility index (Phi) is 5.95. The van der Waals surface area contributed by atoms with Crippen molar-refractivity contribution in [3.8, 4) is 5.75 Å². The fourth-order valence-electron chi connectivity index (χ4n) is 2.51. The fourth-order valence-corrected chi connectivity index (χ4v) is 2.51. The van der Waals surface area contributed by atoms with Crippen LogP contribution < -0.4 is 10.1 Å². The minimum absolute atomic E-state index is 0.00735. The molecule has 5 heteroatoms. The number of amides is 1. The number of benzene rings is 1. The number of carbonyl (C=O) groups excluding carboxylic acids is 2. The van der Waals surface area contributed by atoms with Gasteiger partial charge in [0.15, 0.2) is 12.4 Å². The van der Waals surface area contributed by atoms with Gasteiger partial charge in [-0.15, -0.1) is 0 Å². The molecule has 0 spiro atoms. The molecule has 0 unspecified atom stereocenters. The molecule has 1 aliphatic rings. The van der Waals surface area contributed by atoms with Gasteiger partial charge in [0, 0.05) is 18.0 Å². The van der Waals surface area contributed by atoms with Gasteiger partial charge in [0.2, 0.25) is 0 Å². The first-order chi connectivity index (χ1) is 10.6. The summed E-state index contributed by atoms with van der Waals surface area (Å²) in [7, 11) is 2.09. The van der Waals surface area contributed by atoms with Crippen LogP contribution in [0.2, 0.25) is 0 Å². The van der Waals surface area contributed by atoms with Crippen molar-refractivity contribution in [3.05, 3.63) is 29.8 Å². The van der Waals surface area contributed by atoms with Crippen molar-refractivity contribution < 1.29 is 14.3 Å². The van der Waals surface area contributed by atoms with Crippen molar-refractivity contribution in [1.29, 1.82) is 0 Å². The second-order valence-electron chi connectivity index (χ2n) is 5.73. The summed E-state index contributed by atoms with van der Waals surface area (Å²) in [5.41, 5.74) is 0.672. The summed E-state index contributed by atoms with van der Waals surface area (Å²) < 4.78 is 5.47. The summed E-state index contributed by atoms with van der Waals surface area (Å²) in [4.78, 5) is 25.7. The maximum Gasteiger partial charge on any atom is 0.258 e. The normalized spacial score (nSPS) is 16.3. The van der Waals surface area contributed by atoms with Gasteiger partial charge in [-0.3, -0.25) is 9.59 Å². The number of likely N-dealkylation sites (tertiary alicyclic amines) is 1. The molecule has 120 valence electrons. The van der Waals surface area contributed by atoms with Gasteiger partial charge in [-0.1, -0.05) is 6.92 Å². The lowest BCUT2D eigenvalue weighted by molar-refractivity contribution is -0.124. The predicted molar refractivity (Wildman–Crippen MR) is 85.2 cm³/mol. The average Bonchev–Trinajstić information content (AvgIpc) is 2.55. The van der Waals surface area contributed by atoms with Crippen LogP contribution in [-0.2, 0) is 4.79 Å². The van der Waals surface area contributed by atoms with E-state index < -0.39 is 0 Å². The smallest absolute Gasteiger partial charge is 0.258 e. The first-order valence-electron chi connectivity index (χ1n) is 7.82. The summed E-state index contributed by atoms with van der Waals surface area (Å²) in [6, 6.07) is 7.17. The van der Waals surface area contributed by atoms with E-state index in [1.165, 1.54) is 0 Å². The van der Waals surface area contributed by atoms with Crippen LogP contribution in [0, 0.1) is 0 Å². The Hall–Kier alpha value is -1.88. The molecule has 22 heavy (non-hydrogen) atoms. The minimum atomic E-state index is -0.0942. The molecule has 1 amide bonds. The monoisotopic (exact) mass is 304 g/mol. The highest BCUT2D eigenvalue weighted by Gasteiger charge is 2.18. The molecular weight excluding hydrogens is 280 g/mol. The first-order valence-corrected chi connectivity index (χ1v) is 7.82. The predicted octanol–water partition coefficient (Wildman–Crippen LogP) is 1.87. The van der Waals surface area contributed by atoms with Crippen LogP contribution in [0.15, 0.2) is 24.3 Å².